The lowest BCUT2D eigenvalue weighted by Crippen LogP contribution is -2.12. The zero-order valence-electron chi connectivity index (χ0n) is 8.97. The van der Waals surface area contributed by atoms with Gasteiger partial charge in [-0.3, -0.25) is 9.59 Å². The largest absolute Gasteiger partial charge is 0.458 e. The highest BCUT2D eigenvalue weighted by molar-refractivity contribution is 6.23. The number of hydrogen-bond donors (Lipinski definition) is 0. The van der Waals surface area contributed by atoms with Gasteiger partial charge in [0.25, 0.3) is 0 Å². The lowest BCUT2D eigenvalue weighted by atomic mass is 10.1. The monoisotopic (exact) mass is 216 g/mol. The van der Waals surface area contributed by atoms with E-state index in [0.717, 1.165) is 5.56 Å². The number of ketones is 1. The SMILES string of the molecule is CC(=O)OC1C=C(c2ccccc2)C(=O)C1. The molecule has 1 aromatic carbocycles. The average molecular weight is 216 g/mol. The van der Waals surface area contributed by atoms with Crippen LogP contribution in [-0.2, 0) is 14.3 Å². The van der Waals surface area contributed by atoms with Gasteiger partial charge in [0.15, 0.2) is 5.78 Å². The van der Waals surface area contributed by atoms with Crippen molar-refractivity contribution in [2.24, 2.45) is 0 Å². The minimum Gasteiger partial charge on any atom is -0.458 e. The number of rotatable bonds is 2. The summed E-state index contributed by atoms with van der Waals surface area (Å²) in [6.07, 6.45) is 1.57. The van der Waals surface area contributed by atoms with E-state index in [2.05, 4.69) is 0 Å². The van der Waals surface area contributed by atoms with Gasteiger partial charge in [0.1, 0.15) is 6.10 Å². The standard InChI is InChI=1S/C13H12O3/c1-9(14)16-11-7-12(13(15)8-11)10-5-3-2-4-6-10/h2-7,11H,8H2,1H3. The smallest absolute Gasteiger partial charge is 0.303 e. The molecule has 0 saturated heterocycles. The first-order valence-corrected chi connectivity index (χ1v) is 5.14. The second-order valence-electron chi connectivity index (χ2n) is 3.72. The first-order chi connectivity index (χ1) is 7.66. The molecule has 1 aliphatic rings. The Balaban J connectivity index is 2.22. The normalized spacial score (nSPS) is 19.4. The van der Waals surface area contributed by atoms with Crippen molar-refractivity contribution in [1.29, 1.82) is 0 Å². The lowest BCUT2D eigenvalue weighted by Gasteiger charge is -2.04. The van der Waals surface area contributed by atoms with E-state index in [4.69, 9.17) is 4.74 Å². The summed E-state index contributed by atoms with van der Waals surface area (Å²) < 4.78 is 5.00. The lowest BCUT2D eigenvalue weighted by molar-refractivity contribution is -0.144. The molecule has 82 valence electrons. The van der Waals surface area contributed by atoms with Crippen LogP contribution in [0.5, 0.6) is 0 Å². The molecule has 0 radical (unpaired) electrons. The van der Waals surface area contributed by atoms with Gasteiger partial charge in [-0.25, -0.2) is 0 Å². The fourth-order valence-corrected chi connectivity index (χ4v) is 1.79. The van der Waals surface area contributed by atoms with E-state index in [1.165, 1.54) is 6.92 Å². The molecule has 1 aromatic rings. The number of carbonyl (C=O) groups excluding carboxylic acids is 2. The first kappa shape index (κ1) is 10.6. The van der Waals surface area contributed by atoms with E-state index in [1.54, 1.807) is 6.08 Å². The third-order valence-electron chi connectivity index (χ3n) is 2.44. The molecule has 1 aliphatic carbocycles. The third kappa shape index (κ3) is 2.19. The number of hydrogen-bond acceptors (Lipinski definition) is 3. The Bertz CT molecular complexity index is 446. The summed E-state index contributed by atoms with van der Waals surface area (Å²) in [5, 5.41) is 0. The first-order valence-electron chi connectivity index (χ1n) is 5.14. The summed E-state index contributed by atoms with van der Waals surface area (Å²) in [6.45, 7) is 1.35. The molecule has 0 saturated carbocycles. The summed E-state index contributed by atoms with van der Waals surface area (Å²) in [6, 6.07) is 9.40. The molecular weight excluding hydrogens is 204 g/mol. The van der Waals surface area contributed by atoms with Gasteiger partial charge in [-0.2, -0.15) is 0 Å². The Kier molecular flexibility index (Phi) is 2.86. The van der Waals surface area contributed by atoms with Crippen molar-refractivity contribution in [3.8, 4) is 0 Å². The maximum atomic E-state index is 11.7. The van der Waals surface area contributed by atoms with Crippen LogP contribution < -0.4 is 0 Å². The van der Waals surface area contributed by atoms with Gasteiger partial charge in [-0.15, -0.1) is 0 Å². The van der Waals surface area contributed by atoms with E-state index >= 15 is 0 Å². The fraction of sp³-hybridized carbons (Fsp3) is 0.231. The molecule has 0 N–H and O–H groups in total. The number of Topliss-reactive ketones (excluding diaryl/α,β-unsaturated/α-hetero) is 1. The van der Waals surface area contributed by atoms with Crippen molar-refractivity contribution in [3.05, 3.63) is 42.0 Å². The quantitative estimate of drug-likeness (QED) is 0.710. The van der Waals surface area contributed by atoms with Crippen LogP contribution >= 0.6 is 0 Å². The Morgan fingerprint density at radius 3 is 2.62 bits per heavy atom. The van der Waals surface area contributed by atoms with Crippen molar-refractivity contribution in [1.82, 2.24) is 0 Å². The molecule has 0 fully saturated rings. The van der Waals surface area contributed by atoms with E-state index < -0.39 is 6.10 Å². The van der Waals surface area contributed by atoms with Crippen LogP contribution in [0.4, 0.5) is 0 Å². The summed E-state index contributed by atoms with van der Waals surface area (Å²) >= 11 is 0. The number of allylic oxidation sites excluding steroid dienone is 1. The molecule has 3 nitrogen and oxygen atoms in total. The van der Waals surface area contributed by atoms with Crippen molar-refractivity contribution >= 4 is 17.3 Å². The number of esters is 1. The minimum atomic E-state index is -0.403. The topological polar surface area (TPSA) is 43.4 Å². The predicted molar refractivity (Wildman–Crippen MR) is 59.6 cm³/mol. The van der Waals surface area contributed by atoms with Crippen molar-refractivity contribution in [2.75, 3.05) is 0 Å². The van der Waals surface area contributed by atoms with Crippen LogP contribution in [0.25, 0.3) is 5.57 Å². The van der Waals surface area contributed by atoms with Crippen LogP contribution in [0, 0.1) is 0 Å². The van der Waals surface area contributed by atoms with Gasteiger partial charge in [0.2, 0.25) is 0 Å². The molecule has 3 heteroatoms. The fourth-order valence-electron chi connectivity index (χ4n) is 1.79. The van der Waals surface area contributed by atoms with E-state index in [0.29, 0.717) is 5.57 Å². The highest BCUT2D eigenvalue weighted by Crippen LogP contribution is 2.26. The van der Waals surface area contributed by atoms with Gasteiger partial charge in [0.05, 0.1) is 6.42 Å². The molecule has 2 rings (SSSR count). The third-order valence-corrected chi connectivity index (χ3v) is 2.44. The second kappa shape index (κ2) is 4.31. The summed E-state index contributed by atoms with van der Waals surface area (Å²) in [5.41, 5.74) is 1.52. The van der Waals surface area contributed by atoms with Gasteiger partial charge < -0.3 is 4.74 Å². The number of ether oxygens (including phenoxy) is 1. The van der Waals surface area contributed by atoms with Crippen LogP contribution in [0.3, 0.4) is 0 Å². The zero-order chi connectivity index (χ0) is 11.5. The summed E-state index contributed by atoms with van der Waals surface area (Å²) in [5.74, 6) is -0.333. The van der Waals surface area contributed by atoms with Crippen molar-refractivity contribution in [3.63, 3.8) is 0 Å². The maximum Gasteiger partial charge on any atom is 0.303 e. The molecule has 0 spiro atoms. The Hall–Kier alpha value is -1.90. The second-order valence-corrected chi connectivity index (χ2v) is 3.72. The molecule has 0 aromatic heterocycles. The number of carbonyl (C=O) groups is 2. The molecule has 0 amide bonds. The number of benzene rings is 1. The molecule has 1 unspecified atom stereocenters. The van der Waals surface area contributed by atoms with Crippen LogP contribution in [-0.4, -0.2) is 17.9 Å². The van der Waals surface area contributed by atoms with Gasteiger partial charge in [-0.05, 0) is 11.6 Å². The van der Waals surface area contributed by atoms with Crippen molar-refractivity contribution in [2.45, 2.75) is 19.4 Å². The van der Waals surface area contributed by atoms with Gasteiger partial charge in [0, 0.05) is 12.5 Å². The highest BCUT2D eigenvalue weighted by Gasteiger charge is 2.26. The minimum absolute atomic E-state index is 0.0254. The molecule has 16 heavy (non-hydrogen) atoms. The maximum absolute atomic E-state index is 11.7. The van der Waals surface area contributed by atoms with Crippen molar-refractivity contribution < 1.29 is 14.3 Å². The highest BCUT2D eigenvalue weighted by atomic mass is 16.5. The average Bonchev–Trinajstić information content (AvgIpc) is 2.60. The van der Waals surface area contributed by atoms with Crippen LogP contribution in [0.1, 0.15) is 18.9 Å². The molecule has 0 heterocycles. The molecule has 1 atom stereocenters. The Labute approximate surface area is 93.7 Å². The molecule has 0 aliphatic heterocycles. The Morgan fingerprint density at radius 2 is 2.00 bits per heavy atom. The van der Waals surface area contributed by atoms with Gasteiger partial charge in [-0.1, -0.05) is 30.3 Å². The van der Waals surface area contributed by atoms with Gasteiger partial charge >= 0.3 is 5.97 Å². The molecule has 0 bridgehead atoms. The van der Waals surface area contributed by atoms with Crippen LogP contribution in [0.15, 0.2) is 36.4 Å². The van der Waals surface area contributed by atoms with Crippen LogP contribution in [0.2, 0.25) is 0 Å². The summed E-state index contributed by atoms with van der Waals surface area (Å²) in [7, 11) is 0. The zero-order valence-corrected chi connectivity index (χ0v) is 8.97. The predicted octanol–water partition coefficient (Wildman–Crippen LogP) is 1.97. The van der Waals surface area contributed by atoms with E-state index in [9.17, 15) is 9.59 Å². The molecular formula is C13H12O3. The summed E-state index contributed by atoms with van der Waals surface area (Å²) in [4.78, 5) is 22.5. The van der Waals surface area contributed by atoms with E-state index in [1.807, 2.05) is 30.3 Å². The van der Waals surface area contributed by atoms with E-state index in [-0.39, 0.29) is 18.2 Å². The Morgan fingerprint density at radius 1 is 1.31 bits per heavy atom.